The Balaban J connectivity index is 1.41. The van der Waals surface area contributed by atoms with Gasteiger partial charge in [0, 0.05) is 30.1 Å². The Morgan fingerprint density at radius 2 is 1.79 bits per heavy atom. The number of aromatic amines is 1. The molecule has 0 aliphatic heterocycles. The molecule has 0 aliphatic rings. The second kappa shape index (κ2) is 7.77. The third-order valence-electron chi connectivity index (χ3n) is 4.20. The van der Waals surface area contributed by atoms with Crippen LogP contribution in [0, 0.1) is 5.82 Å². The van der Waals surface area contributed by atoms with Crippen LogP contribution in [0.4, 0.5) is 4.39 Å². The van der Waals surface area contributed by atoms with Gasteiger partial charge in [0.1, 0.15) is 5.82 Å². The minimum atomic E-state index is -0.217. The molecule has 124 valence electrons. The van der Waals surface area contributed by atoms with Gasteiger partial charge in [0.05, 0.1) is 0 Å². The van der Waals surface area contributed by atoms with E-state index in [0.29, 0.717) is 24.9 Å². The molecule has 2 N–H and O–H groups in total. The molecule has 2 aromatic carbocycles. The number of hydrogen-bond donors (Lipinski definition) is 2. The SMILES string of the molecule is O=C(CCCc1c[nH]c2ccccc12)NCCc1ccccc1F. The van der Waals surface area contributed by atoms with Gasteiger partial charge in [-0.1, -0.05) is 36.4 Å². The number of H-pyrrole nitrogens is 1. The Kier molecular flexibility index (Phi) is 5.26. The van der Waals surface area contributed by atoms with Crippen molar-refractivity contribution in [2.75, 3.05) is 6.54 Å². The fourth-order valence-corrected chi connectivity index (χ4v) is 2.90. The van der Waals surface area contributed by atoms with Crippen molar-refractivity contribution in [3.05, 3.63) is 71.7 Å². The number of carbonyl (C=O) groups is 1. The maximum Gasteiger partial charge on any atom is 0.220 e. The van der Waals surface area contributed by atoms with Gasteiger partial charge in [-0.05, 0) is 42.5 Å². The summed E-state index contributed by atoms with van der Waals surface area (Å²) in [5.41, 5.74) is 3.00. The van der Waals surface area contributed by atoms with Crippen LogP contribution < -0.4 is 5.32 Å². The summed E-state index contributed by atoms with van der Waals surface area (Å²) < 4.78 is 13.5. The molecule has 0 bridgehead atoms. The summed E-state index contributed by atoms with van der Waals surface area (Å²) >= 11 is 0. The number of nitrogens with one attached hydrogen (secondary N) is 2. The molecule has 3 aromatic rings. The van der Waals surface area contributed by atoms with Crippen molar-refractivity contribution < 1.29 is 9.18 Å². The molecule has 0 radical (unpaired) electrons. The average Bonchev–Trinajstić information content (AvgIpc) is 3.00. The lowest BCUT2D eigenvalue weighted by Gasteiger charge is -2.06. The maximum absolute atomic E-state index is 13.5. The molecule has 4 heteroatoms. The topological polar surface area (TPSA) is 44.9 Å². The van der Waals surface area contributed by atoms with Crippen molar-refractivity contribution >= 4 is 16.8 Å². The summed E-state index contributed by atoms with van der Waals surface area (Å²) in [7, 11) is 0. The fourth-order valence-electron chi connectivity index (χ4n) is 2.90. The van der Waals surface area contributed by atoms with E-state index in [4.69, 9.17) is 0 Å². The van der Waals surface area contributed by atoms with Crippen molar-refractivity contribution in [2.24, 2.45) is 0 Å². The number of rotatable bonds is 7. The zero-order valence-corrected chi connectivity index (χ0v) is 13.5. The van der Waals surface area contributed by atoms with Crippen molar-refractivity contribution in [2.45, 2.75) is 25.7 Å². The van der Waals surface area contributed by atoms with Gasteiger partial charge in [-0.25, -0.2) is 4.39 Å². The minimum Gasteiger partial charge on any atom is -0.361 e. The monoisotopic (exact) mass is 324 g/mol. The van der Waals surface area contributed by atoms with E-state index in [0.717, 1.165) is 18.4 Å². The molecule has 3 rings (SSSR count). The number of hydrogen-bond acceptors (Lipinski definition) is 1. The highest BCUT2D eigenvalue weighted by molar-refractivity contribution is 5.83. The van der Waals surface area contributed by atoms with E-state index in [-0.39, 0.29) is 11.7 Å². The number of benzene rings is 2. The van der Waals surface area contributed by atoms with Gasteiger partial charge in [0.25, 0.3) is 0 Å². The van der Waals surface area contributed by atoms with Gasteiger partial charge in [-0.3, -0.25) is 4.79 Å². The summed E-state index contributed by atoms with van der Waals surface area (Å²) in [6.07, 6.45) is 4.68. The van der Waals surface area contributed by atoms with E-state index in [2.05, 4.69) is 16.4 Å². The van der Waals surface area contributed by atoms with Crippen LogP contribution in [0.15, 0.2) is 54.7 Å². The normalized spacial score (nSPS) is 10.9. The lowest BCUT2D eigenvalue weighted by molar-refractivity contribution is -0.121. The first-order valence-electron chi connectivity index (χ1n) is 8.29. The zero-order chi connectivity index (χ0) is 16.8. The van der Waals surface area contributed by atoms with Gasteiger partial charge in [-0.15, -0.1) is 0 Å². The predicted molar refractivity (Wildman–Crippen MR) is 94.4 cm³/mol. The molecule has 0 fully saturated rings. The van der Waals surface area contributed by atoms with Crippen LogP contribution in [0.1, 0.15) is 24.0 Å². The van der Waals surface area contributed by atoms with Crippen molar-refractivity contribution in [1.29, 1.82) is 0 Å². The Morgan fingerprint density at radius 3 is 2.67 bits per heavy atom. The van der Waals surface area contributed by atoms with Gasteiger partial charge < -0.3 is 10.3 Å². The maximum atomic E-state index is 13.5. The first-order valence-corrected chi connectivity index (χ1v) is 8.29. The molecule has 0 saturated heterocycles. The number of para-hydroxylation sites is 1. The third kappa shape index (κ3) is 4.02. The Hall–Kier alpha value is -2.62. The number of halogens is 1. The first-order chi connectivity index (χ1) is 11.7. The molecule has 1 heterocycles. The van der Waals surface area contributed by atoms with Crippen LogP contribution >= 0.6 is 0 Å². The lowest BCUT2D eigenvalue weighted by Crippen LogP contribution is -2.25. The predicted octanol–water partition coefficient (Wildman–Crippen LogP) is 3.99. The number of amides is 1. The Morgan fingerprint density at radius 1 is 1.00 bits per heavy atom. The molecule has 1 aromatic heterocycles. The highest BCUT2D eigenvalue weighted by Gasteiger charge is 2.06. The van der Waals surface area contributed by atoms with E-state index < -0.39 is 0 Å². The van der Waals surface area contributed by atoms with Crippen molar-refractivity contribution in [3.8, 4) is 0 Å². The molecule has 0 atom stereocenters. The number of carbonyl (C=O) groups excluding carboxylic acids is 1. The average molecular weight is 324 g/mol. The van der Waals surface area contributed by atoms with Gasteiger partial charge in [-0.2, -0.15) is 0 Å². The summed E-state index contributed by atoms with van der Waals surface area (Å²) in [4.78, 5) is 15.1. The van der Waals surface area contributed by atoms with Crippen LogP contribution in [-0.4, -0.2) is 17.4 Å². The largest absolute Gasteiger partial charge is 0.361 e. The van der Waals surface area contributed by atoms with E-state index in [1.165, 1.54) is 17.0 Å². The highest BCUT2D eigenvalue weighted by atomic mass is 19.1. The molecule has 3 nitrogen and oxygen atoms in total. The van der Waals surface area contributed by atoms with Gasteiger partial charge in [0.2, 0.25) is 5.91 Å². The van der Waals surface area contributed by atoms with E-state index in [1.807, 2.05) is 24.4 Å². The van der Waals surface area contributed by atoms with Crippen LogP contribution in [0.3, 0.4) is 0 Å². The fraction of sp³-hybridized carbons (Fsp3) is 0.250. The summed E-state index contributed by atoms with van der Waals surface area (Å²) in [5, 5.41) is 4.08. The Labute approximate surface area is 140 Å². The van der Waals surface area contributed by atoms with E-state index in [9.17, 15) is 9.18 Å². The first kappa shape index (κ1) is 16.2. The van der Waals surface area contributed by atoms with E-state index in [1.54, 1.807) is 18.2 Å². The number of fused-ring (bicyclic) bond motifs is 1. The highest BCUT2D eigenvalue weighted by Crippen LogP contribution is 2.19. The minimum absolute atomic E-state index is 0.0196. The number of aromatic nitrogens is 1. The smallest absolute Gasteiger partial charge is 0.220 e. The van der Waals surface area contributed by atoms with Crippen molar-refractivity contribution in [3.63, 3.8) is 0 Å². The summed E-state index contributed by atoms with van der Waals surface area (Å²) in [6, 6.07) is 14.8. The lowest BCUT2D eigenvalue weighted by atomic mass is 10.1. The molecular formula is C20H21FN2O. The number of aryl methyl sites for hydroxylation is 1. The molecule has 0 spiro atoms. The van der Waals surface area contributed by atoms with Crippen LogP contribution in [0.5, 0.6) is 0 Å². The van der Waals surface area contributed by atoms with E-state index >= 15 is 0 Å². The van der Waals surface area contributed by atoms with Crippen LogP contribution in [0.25, 0.3) is 10.9 Å². The molecule has 0 aliphatic carbocycles. The molecule has 24 heavy (non-hydrogen) atoms. The summed E-state index contributed by atoms with van der Waals surface area (Å²) in [6.45, 7) is 0.465. The molecule has 1 amide bonds. The standard InChI is InChI=1S/C20H21FN2O/c21-18-9-3-1-6-15(18)12-13-22-20(24)11-5-7-16-14-23-19-10-4-2-8-17(16)19/h1-4,6,8-10,14,23H,5,7,11-13H2,(H,22,24). The van der Waals surface area contributed by atoms with Gasteiger partial charge >= 0.3 is 0 Å². The quantitative estimate of drug-likeness (QED) is 0.678. The zero-order valence-electron chi connectivity index (χ0n) is 13.5. The molecular weight excluding hydrogens is 303 g/mol. The second-order valence-corrected chi connectivity index (χ2v) is 5.90. The molecule has 0 unspecified atom stereocenters. The second-order valence-electron chi connectivity index (χ2n) is 5.90. The van der Waals surface area contributed by atoms with Gasteiger partial charge in [0.15, 0.2) is 0 Å². The Bertz CT molecular complexity index is 825. The van der Waals surface area contributed by atoms with Crippen molar-refractivity contribution in [1.82, 2.24) is 10.3 Å². The van der Waals surface area contributed by atoms with Crippen LogP contribution in [-0.2, 0) is 17.6 Å². The molecule has 0 saturated carbocycles. The van der Waals surface area contributed by atoms with Crippen LogP contribution in [0.2, 0.25) is 0 Å². The summed E-state index contributed by atoms with van der Waals surface area (Å²) in [5.74, 6) is -0.197. The third-order valence-corrected chi connectivity index (χ3v) is 4.20.